The Bertz CT molecular complexity index is 960. The highest BCUT2D eigenvalue weighted by molar-refractivity contribution is 5.85. The molecule has 1 aliphatic carbocycles. The maximum absolute atomic E-state index is 12.5. The van der Waals surface area contributed by atoms with Gasteiger partial charge in [0, 0.05) is 35.1 Å². The molecule has 1 aromatic heterocycles. The highest BCUT2D eigenvalue weighted by Gasteiger charge is 2.30. The molecule has 4 rings (SSSR count). The van der Waals surface area contributed by atoms with Gasteiger partial charge in [-0.15, -0.1) is 0 Å². The van der Waals surface area contributed by atoms with Crippen LogP contribution in [-0.2, 0) is 20.7 Å². The van der Waals surface area contributed by atoms with E-state index in [1.807, 2.05) is 54.7 Å². The number of aryl methyl sites for hydroxylation is 1. The van der Waals surface area contributed by atoms with Crippen molar-refractivity contribution in [3.05, 3.63) is 71.9 Å². The summed E-state index contributed by atoms with van der Waals surface area (Å²) in [6.07, 6.45) is 4.82. The van der Waals surface area contributed by atoms with E-state index < -0.39 is 6.10 Å². The zero-order chi connectivity index (χ0) is 19.3. The van der Waals surface area contributed by atoms with Crippen LogP contribution in [0.15, 0.2) is 60.8 Å². The average Bonchev–Trinajstić information content (AvgIpc) is 3.44. The molecule has 28 heavy (non-hydrogen) atoms. The topological polar surface area (TPSA) is 71.2 Å². The number of aromatic nitrogens is 1. The number of nitrogens with one attached hydrogen (secondary N) is 2. The van der Waals surface area contributed by atoms with Gasteiger partial charge in [-0.05, 0) is 37.3 Å². The van der Waals surface area contributed by atoms with Gasteiger partial charge in [0.25, 0.3) is 5.91 Å². The lowest BCUT2D eigenvalue weighted by Gasteiger charge is -2.18. The van der Waals surface area contributed by atoms with E-state index in [1.165, 1.54) is 10.9 Å². The summed E-state index contributed by atoms with van der Waals surface area (Å²) in [6.45, 7) is 0. The van der Waals surface area contributed by atoms with Gasteiger partial charge in [-0.1, -0.05) is 48.5 Å². The van der Waals surface area contributed by atoms with Crippen LogP contribution in [-0.4, -0.2) is 22.9 Å². The Morgan fingerprint density at radius 3 is 2.61 bits per heavy atom. The van der Waals surface area contributed by atoms with Crippen LogP contribution in [0, 0.1) is 0 Å². The Labute approximate surface area is 164 Å². The predicted molar refractivity (Wildman–Crippen MR) is 108 cm³/mol. The number of H-pyrrole nitrogens is 1. The molecule has 3 aromatic rings. The SMILES string of the molecule is O=C(CCCc1c[nH]c2ccccc12)O[C@H](C(=O)NC1CC1)c1ccccc1. The summed E-state index contributed by atoms with van der Waals surface area (Å²) in [5.41, 5.74) is 2.99. The van der Waals surface area contributed by atoms with Crippen molar-refractivity contribution in [3.63, 3.8) is 0 Å². The second-order valence-electron chi connectivity index (χ2n) is 7.28. The molecule has 5 heteroatoms. The molecular weight excluding hydrogens is 352 g/mol. The molecule has 0 unspecified atom stereocenters. The molecule has 2 N–H and O–H groups in total. The number of hydrogen-bond donors (Lipinski definition) is 2. The first-order valence-corrected chi connectivity index (χ1v) is 9.80. The minimum absolute atomic E-state index is 0.222. The van der Waals surface area contributed by atoms with Gasteiger partial charge < -0.3 is 15.0 Å². The lowest BCUT2D eigenvalue weighted by atomic mass is 10.1. The molecule has 1 amide bonds. The smallest absolute Gasteiger partial charge is 0.306 e. The Morgan fingerprint density at radius 2 is 1.82 bits per heavy atom. The number of hydrogen-bond acceptors (Lipinski definition) is 3. The van der Waals surface area contributed by atoms with Crippen molar-refractivity contribution in [2.75, 3.05) is 0 Å². The molecule has 5 nitrogen and oxygen atoms in total. The Morgan fingerprint density at radius 1 is 1.07 bits per heavy atom. The van der Waals surface area contributed by atoms with Crippen molar-refractivity contribution in [1.29, 1.82) is 0 Å². The lowest BCUT2D eigenvalue weighted by molar-refractivity contribution is -0.156. The second kappa shape index (κ2) is 8.30. The number of para-hydroxylation sites is 1. The second-order valence-corrected chi connectivity index (χ2v) is 7.28. The van der Waals surface area contributed by atoms with Gasteiger partial charge in [0.15, 0.2) is 0 Å². The fourth-order valence-corrected chi connectivity index (χ4v) is 3.36. The van der Waals surface area contributed by atoms with Gasteiger partial charge in [0.2, 0.25) is 6.10 Å². The molecular formula is C23H24N2O3. The number of benzene rings is 2. The van der Waals surface area contributed by atoms with Crippen molar-refractivity contribution >= 4 is 22.8 Å². The summed E-state index contributed by atoms with van der Waals surface area (Å²) in [5.74, 6) is -0.585. The molecule has 0 saturated heterocycles. The zero-order valence-corrected chi connectivity index (χ0v) is 15.7. The molecule has 1 saturated carbocycles. The van der Waals surface area contributed by atoms with Crippen LogP contribution < -0.4 is 5.32 Å². The van der Waals surface area contributed by atoms with Gasteiger partial charge in [-0.2, -0.15) is 0 Å². The molecule has 144 valence electrons. The maximum atomic E-state index is 12.5. The largest absolute Gasteiger partial charge is 0.447 e. The number of fused-ring (bicyclic) bond motifs is 1. The van der Waals surface area contributed by atoms with E-state index >= 15 is 0 Å². The monoisotopic (exact) mass is 376 g/mol. The molecule has 0 spiro atoms. The summed E-state index contributed by atoms with van der Waals surface area (Å²) in [5, 5.41) is 4.12. The fraction of sp³-hybridized carbons (Fsp3) is 0.304. The van der Waals surface area contributed by atoms with E-state index in [4.69, 9.17) is 4.74 Å². The molecule has 2 aromatic carbocycles. The summed E-state index contributed by atoms with van der Waals surface area (Å²) in [4.78, 5) is 28.2. The van der Waals surface area contributed by atoms with E-state index in [9.17, 15) is 9.59 Å². The summed E-state index contributed by atoms with van der Waals surface area (Å²) < 4.78 is 5.58. The van der Waals surface area contributed by atoms with E-state index in [2.05, 4.69) is 16.4 Å². The maximum Gasteiger partial charge on any atom is 0.306 e. The highest BCUT2D eigenvalue weighted by Crippen LogP contribution is 2.24. The fourth-order valence-electron chi connectivity index (χ4n) is 3.36. The van der Waals surface area contributed by atoms with Crippen molar-refractivity contribution in [3.8, 4) is 0 Å². The number of esters is 1. The van der Waals surface area contributed by atoms with Gasteiger partial charge in [0.05, 0.1) is 0 Å². The minimum Gasteiger partial charge on any atom is -0.447 e. The molecule has 1 atom stereocenters. The predicted octanol–water partition coefficient (Wildman–Crippen LogP) is 4.05. The first-order chi connectivity index (χ1) is 13.7. The quantitative estimate of drug-likeness (QED) is 0.583. The van der Waals surface area contributed by atoms with Crippen molar-refractivity contribution in [1.82, 2.24) is 10.3 Å². The van der Waals surface area contributed by atoms with Crippen LogP contribution in [0.25, 0.3) is 10.9 Å². The standard InChI is InChI=1S/C23H24N2O3/c26-21(12-6-9-17-15-24-20-11-5-4-10-19(17)20)28-22(16-7-2-1-3-8-16)23(27)25-18-13-14-18/h1-5,7-8,10-11,15,18,22,24H,6,9,12-14H2,(H,25,27)/t22-/m0/s1. The van der Waals surface area contributed by atoms with Crippen LogP contribution in [0.4, 0.5) is 0 Å². The number of rotatable bonds is 8. The number of carbonyl (C=O) groups is 2. The van der Waals surface area contributed by atoms with E-state index in [0.29, 0.717) is 12.0 Å². The van der Waals surface area contributed by atoms with Crippen molar-refractivity contribution in [2.45, 2.75) is 44.2 Å². The third kappa shape index (κ3) is 4.42. The van der Waals surface area contributed by atoms with Crippen LogP contribution in [0.2, 0.25) is 0 Å². The van der Waals surface area contributed by atoms with Crippen molar-refractivity contribution < 1.29 is 14.3 Å². The Balaban J connectivity index is 1.35. The molecule has 1 aliphatic rings. The van der Waals surface area contributed by atoms with E-state index in [-0.39, 0.29) is 24.3 Å². The summed E-state index contributed by atoms with van der Waals surface area (Å²) in [7, 11) is 0. The minimum atomic E-state index is -0.887. The highest BCUT2D eigenvalue weighted by atomic mass is 16.5. The average molecular weight is 376 g/mol. The van der Waals surface area contributed by atoms with Crippen molar-refractivity contribution in [2.24, 2.45) is 0 Å². The molecule has 0 radical (unpaired) electrons. The Hall–Kier alpha value is -3.08. The van der Waals surface area contributed by atoms with Gasteiger partial charge in [-0.3, -0.25) is 9.59 Å². The molecule has 0 bridgehead atoms. The third-order valence-corrected chi connectivity index (χ3v) is 5.02. The zero-order valence-electron chi connectivity index (χ0n) is 15.7. The third-order valence-electron chi connectivity index (χ3n) is 5.02. The number of amides is 1. The molecule has 1 heterocycles. The first-order valence-electron chi connectivity index (χ1n) is 9.80. The van der Waals surface area contributed by atoms with Crippen LogP contribution in [0.5, 0.6) is 0 Å². The van der Waals surface area contributed by atoms with Crippen LogP contribution in [0.1, 0.15) is 42.9 Å². The van der Waals surface area contributed by atoms with Gasteiger partial charge in [0.1, 0.15) is 0 Å². The molecule has 0 aliphatic heterocycles. The summed E-state index contributed by atoms with van der Waals surface area (Å²) in [6, 6.07) is 17.5. The van der Waals surface area contributed by atoms with Gasteiger partial charge >= 0.3 is 5.97 Å². The molecule has 1 fully saturated rings. The summed E-state index contributed by atoms with van der Waals surface area (Å²) >= 11 is 0. The number of carbonyl (C=O) groups excluding carboxylic acids is 2. The number of ether oxygens (including phenoxy) is 1. The lowest BCUT2D eigenvalue weighted by Crippen LogP contribution is -2.33. The first kappa shape index (κ1) is 18.3. The Kier molecular flexibility index (Phi) is 5.42. The normalized spacial score (nSPS) is 14.6. The van der Waals surface area contributed by atoms with E-state index in [0.717, 1.165) is 24.8 Å². The van der Waals surface area contributed by atoms with Gasteiger partial charge in [-0.25, -0.2) is 0 Å². The van der Waals surface area contributed by atoms with Crippen LogP contribution >= 0.6 is 0 Å². The van der Waals surface area contributed by atoms with E-state index in [1.54, 1.807) is 0 Å². The van der Waals surface area contributed by atoms with Crippen LogP contribution in [0.3, 0.4) is 0 Å². The number of aromatic amines is 1.